The molecule has 7 heteroatoms. The van der Waals surface area contributed by atoms with E-state index in [4.69, 9.17) is 5.73 Å². The fourth-order valence-electron chi connectivity index (χ4n) is 3.35. The number of likely N-dealkylation sites (tertiary alicyclic amines) is 1. The summed E-state index contributed by atoms with van der Waals surface area (Å²) in [6.45, 7) is 0.600. The number of nitrogens with one attached hydrogen (secondary N) is 1. The van der Waals surface area contributed by atoms with E-state index >= 15 is 0 Å². The van der Waals surface area contributed by atoms with E-state index < -0.39 is 23.3 Å². The number of nitrogens with zero attached hydrogens (tertiary/aromatic N) is 1. The van der Waals surface area contributed by atoms with Crippen LogP contribution in [0.15, 0.2) is 0 Å². The molecule has 4 N–H and O–H groups in total. The molecule has 7 nitrogen and oxygen atoms in total. The number of hydrogen-bond donors (Lipinski definition) is 3. The van der Waals surface area contributed by atoms with Crippen molar-refractivity contribution in [3.8, 4) is 0 Å². The molecule has 1 saturated heterocycles. The van der Waals surface area contributed by atoms with E-state index in [1.807, 2.05) is 0 Å². The summed E-state index contributed by atoms with van der Waals surface area (Å²) in [5, 5.41) is 12.2. The quantitative estimate of drug-likeness (QED) is 0.708. The summed E-state index contributed by atoms with van der Waals surface area (Å²) in [7, 11) is 0. The van der Waals surface area contributed by atoms with Crippen molar-refractivity contribution in [2.45, 2.75) is 51.0 Å². The minimum Gasteiger partial charge on any atom is -0.481 e. The standard InChI is InChI=1S/C14H23N3O4/c15-11(18)10-5-4-8-17(10)13(21)16-9-14(12(19)20)6-2-1-3-7-14/h10H,1-9H2,(H2,15,18)(H,16,21)(H,19,20). The maximum absolute atomic E-state index is 12.2. The van der Waals surface area contributed by atoms with E-state index in [2.05, 4.69) is 5.32 Å². The minimum absolute atomic E-state index is 0.114. The Balaban J connectivity index is 1.96. The molecule has 1 heterocycles. The van der Waals surface area contributed by atoms with Gasteiger partial charge >= 0.3 is 12.0 Å². The number of rotatable bonds is 4. The lowest BCUT2D eigenvalue weighted by Gasteiger charge is -2.34. The Labute approximate surface area is 123 Å². The van der Waals surface area contributed by atoms with Gasteiger partial charge in [-0.25, -0.2) is 4.79 Å². The molecule has 0 bridgehead atoms. The Hall–Kier alpha value is -1.79. The Morgan fingerprint density at radius 3 is 2.43 bits per heavy atom. The minimum atomic E-state index is -0.865. The molecule has 2 aliphatic rings. The van der Waals surface area contributed by atoms with E-state index in [0.29, 0.717) is 25.8 Å². The predicted octanol–water partition coefficient (Wildman–Crippen LogP) is 0.681. The van der Waals surface area contributed by atoms with Crippen LogP contribution in [0.2, 0.25) is 0 Å². The van der Waals surface area contributed by atoms with Gasteiger partial charge in [0.15, 0.2) is 0 Å². The average molecular weight is 297 g/mol. The second kappa shape index (κ2) is 6.32. The lowest BCUT2D eigenvalue weighted by Crippen LogP contribution is -2.52. The Bertz CT molecular complexity index is 432. The monoisotopic (exact) mass is 297 g/mol. The van der Waals surface area contributed by atoms with Gasteiger partial charge in [-0.1, -0.05) is 19.3 Å². The molecule has 0 aromatic rings. The lowest BCUT2D eigenvalue weighted by molar-refractivity contribution is -0.150. The highest BCUT2D eigenvalue weighted by molar-refractivity contribution is 5.86. The first kappa shape index (κ1) is 15.6. The van der Waals surface area contributed by atoms with Crippen molar-refractivity contribution in [3.05, 3.63) is 0 Å². The van der Waals surface area contributed by atoms with Gasteiger partial charge in [0.2, 0.25) is 5.91 Å². The third kappa shape index (κ3) is 3.28. The summed E-state index contributed by atoms with van der Waals surface area (Å²) < 4.78 is 0. The zero-order valence-electron chi connectivity index (χ0n) is 12.1. The Morgan fingerprint density at radius 2 is 1.86 bits per heavy atom. The van der Waals surface area contributed by atoms with Gasteiger partial charge in [-0.05, 0) is 25.7 Å². The summed E-state index contributed by atoms with van der Waals surface area (Å²) in [5.41, 5.74) is 4.42. The number of carbonyl (C=O) groups excluding carboxylic acids is 2. The van der Waals surface area contributed by atoms with Gasteiger partial charge in [0, 0.05) is 13.1 Å². The first-order valence-electron chi connectivity index (χ1n) is 7.53. The van der Waals surface area contributed by atoms with Gasteiger partial charge in [0.05, 0.1) is 5.41 Å². The Morgan fingerprint density at radius 1 is 1.19 bits per heavy atom. The Kier molecular flexibility index (Phi) is 4.69. The van der Waals surface area contributed by atoms with Gasteiger partial charge < -0.3 is 21.1 Å². The molecule has 0 spiro atoms. The summed E-state index contributed by atoms with van der Waals surface area (Å²) in [5.74, 6) is -1.36. The van der Waals surface area contributed by atoms with Crippen molar-refractivity contribution in [3.63, 3.8) is 0 Å². The van der Waals surface area contributed by atoms with Gasteiger partial charge in [-0.3, -0.25) is 9.59 Å². The molecule has 0 aromatic carbocycles. The van der Waals surface area contributed by atoms with Crippen LogP contribution in [0.3, 0.4) is 0 Å². The van der Waals surface area contributed by atoms with Crippen molar-refractivity contribution in [1.82, 2.24) is 10.2 Å². The second-order valence-electron chi connectivity index (χ2n) is 6.06. The normalized spacial score (nSPS) is 24.6. The molecule has 1 saturated carbocycles. The molecule has 1 unspecified atom stereocenters. The van der Waals surface area contributed by atoms with Crippen molar-refractivity contribution in [1.29, 1.82) is 0 Å². The van der Waals surface area contributed by atoms with Crippen LogP contribution in [0.4, 0.5) is 4.79 Å². The van der Waals surface area contributed by atoms with Gasteiger partial charge in [0.25, 0.3) is 0 Å². The SMILES string of the molecule is NC(=O)C1CCCN1C(=O)NCC1(C(=O)O)CCCCC1. The van der Waals surface area contributed by atoms with E-state index in [1.54, 1.807) is 0 Å². The first-order chi connectivity index (χ1) is 9.96. The van der Waals surface area contributed by atoms with Crippen LogP contribution in [0.5, 0.6) is 0 Å². The smallest absolute Gasteiger partial charge is 0.318 e. The molecule has 21 heavy (non-hydrogen) atoms. The van der Waals surface area contributed by atoms with Gasteiger partial charge in [-0.15, -0.1) is 0 Å². The number of carboxylic acid groups (broad SMARTS) is 1. The number of carboxylic acids is 1. The highest BCUT2D eigenvalue weighted by Crippen LogP contribution is 2.36. The van der Waals surface area contributed by atoms with Crippen LogP contribution in [0.1, 0.15) is 44.9 Å². The molecule has 1 aliphatic carbocycles. The molecule has 118 valence electrons. The summed E-state index contributed by atoms with van der Waals surface area (Å²) in [4.78, 5) is 36.4. The highest BCUT2D eigenvalue weighted by Gasteiger charge is 2.41. The van der Waals surface area contributed by atoms with Crippen molar-refractivity contribution in [2.24, 2.45) is 11.1 Å². The lowest BCUT2D eigenvalue weighted by atomic mass is 9.74. The van der Waals surface area contributed by atoms with Crippen LogP contribution in [0, 0.1) is 5.41 Å². The van der Waals surface area contributed by atoms with Crippen LogP contribution < -0.4 is 11.1 Å². The maximum atomic E-state index is 12.2. The van der Waals surface area contributed by atoms with E-state index in [9.17, 15) is 19.5 Å². The van der Waals surface area contributed by atoms with Crippen LogP contribution in [-0.2, 0) is 9.59 Å². The zero-order chi connectivity index (χ0) is 15.5. The number of nitrogens with two attached hydrogens (primary N) is 1. The number of carbonyl (C=O) groups is 3. The molecule has 2 rings (SSSR count). The fourth-order valence-corrected chi connectivity index (χ4v) is 3.35. The topological polar surface area (TPSA) is 113 Å². The number of primary amides is 1. The molecule has 1 atom stereocenters. The predicted molar refractivity (Wildman–Crippen MR) is 75.5 cm³/mol. The highest BCUT2D eigenvalue weighted by atomic mass is 16.4. The summed E-state index contributed by atoms with van der Waals surface area (Å²) >= 11 is 0. The molecule has 3 amide bonds. The third-order valence-corrected chi connectivity index (χ3v) is 4.68. The maximum Gasteiger partial charge on any atom is 0.318 e. The average Bonchev–Trinajstić information content (AvgIpc) is 2.95. The van der Waals surface area contributed by atoms with E-state index in [0.717, 1.165) is 25.7 Å². The molecule has 2 fully saturated rings. The summed E-state index contributed by atoms with van der Waals surface area (Å²) in [6.07, 6.45) is 5.27. The molecule has 0 radical (unpaired) electrons. The van der Waals surface area contributed by atoms with E-state index in [-0.39, 0.29) is 12.6 Å². The van der Waals surface area contributed by atoms with Gasteiger partial charge in [0.1, 0.15) is 6.04 Å². The zero-order valence-corrected chi connectivity index (χ0v) is 12.1. The largest absolute Gasteiger partial charge is 0.481 e. The number of aliphatic carboxylic acids is 1. The molecule has 0 aromatic heterocycles. The molecular weight excluding hydrogens is 274 g/mol. The van der Waals surface area contributed by atoms with Crippen LogP contribution in [-0.4, -0.2) is 47.0 Å². The van der Waals surface area contributed by atoms with Crippen molar-refractivity contribution >= 4 is 17.9 Å². The van der Waals surface area contributed by atoms with Crippen LogP contribution in [0.25, 0.3) is 0 Å². The number of hydrogen-bond acceptors (Lipinski definition) is 3. The molecule has 1 aliphatic heterocycles. The van der Waals surface area contributed by atoms with E-state index in [1.165, 1.54) is 4.90 Å². The first-order valence-corrected chi connectivity index (χ1v) is 7.53. The third-order valence-electron chi connectivity index (χ3n) is 4.68. The second-order valence-corrected chi connectivity index (χ2v) is 6.06. The fraction of sp³-hybridized carbons (Fsp3) is 0.786. The van der Waals surface area contributed by atoms with Gasteiger partial charge in [-0.2, -0.15) is 0 Å². The number of amides is 3. The van der Waals surface area contributed by atoms with Crippen molar-refractivity contribution in [2.75, 3.05) is 13.1 Å². The summed E-state index contributed by atoms with van der Waals surface area (Å²) in [6, 6.07) is -0.959. The van der Waals surface area contributed by atoms with Crippen LogP contribution >= 0.6 is 0 Å². The van der Waals surface area contributed by atoms with Crippen molar-refractivity contribution < 1.29 is 19.5 Å². The molecular formula is C14H23N3O4. The number of urea groups is 1.